The van der Waals surface area contributed by atoms with Gasteiger partial charge in [-0.2, -0.15) is 0 Å². The van der Waals surface area contributed by atoms with Gasteiger partial charge in [0, 0.05) is 18.5 Å². The summed E-state index contributed by atoms with van der Waals surface area (Å²) < 4.78 is 1.86. The molecule has 0 spiro atoms. The Bertz CT molecular complexity index is 619. The normalized spacial score (nSPS) is 18.0. The third-order valence-corrected chi connectivity index (χ3v) is 3.42. The number of aromatic hydroxyl groups is 1. The van der Waals surface area contributed by atoms with E-state index < -0.39 is 5.97 Å². The summed E-state index contributed by atoms with van der Waals surface area (Å²) in [6.07, 6.45) is 1.23. The van der Waals surface area contributed by atoms with Crippen molar-refractivity contribution in [3.8, 4) is 17.1 Å². The molecule has 0 aliphatic carbocycles. The van der Waals surface area contributed by atoms with E-state index in [2.05, 4.69) is 10.2 Å². The molecule has 1 atom stereocenters. The number of benzene rings is 1. The molecular weight excluding hydrogens is 246 g/mol. The molecule has 0 fully saturated rings. The van der Waals surface area contributed by atoms with Crippen molar-refractivity contribution in [1.82, 2.24) is 14.8 Å². The Morgan fingerprint density at radius 3 is 2.68 bits per heavy atom. The first kappa shape index (κ1) is 11.7. The van der Waals surface area contributed by atoms with Crippen molar-refractivity contribution in [2.45, 2.75) is 19.4 Å². The van der Waals surface area contributed by atoms with Crippen LogP contribution >= 0.6 is 0 Å². The van der Waals surface area contributed by atoms with Gasteiger partial charge in [-0.3, -0.25) is 4.79 Å². The van der Waals surface area contributed by atoms with E-state index in [1.807, 2.05) is 4.57 Å². The van der Waals surface area contributed by atoms with Gasteiger partial charge in [0.25, 0.3) is 0 Å². The van der Waals surface area contributed by atoms with Gasteiger partial charge in [0.2, 0.25) is 0 Å². The van der Waals surface area contributed by atoms with Gasteiger partial charge in [-0.1, -0.05) is 0 Å². The van der Waals surface area contributed by atoms with E-state index in [0.29, 0.717) is 25.2 Å². The predicted octanol–water partition coefficient (Wildman–Crippen LogP) is 1.30. The van der Waals surface area contributed by atoms with Gasteiger partial charge < -0.3 is 14.8 Å². The van der Waals surface area contributed by atoms with Crippen LogP contribution in [0.3, 0.4) is 0 Å². The average molecular weight is 259 g/mol. The highest BCUT2D eigenvalue weighted by Crippen LogP contribution is 2.26. The van der Waals surface area contributed by atoms with E-state index >= 15 is 0 Å². The van der Waals surface area contributed by atoms with Crippen LogP contribution in [0.1, 0.15) is 12.2 Å². The second kappa shape index (κ2) is 4.38. The number of rotatable bonds is 2. The molecule has 2 aromatic rings. The Kier molecular flexibility index (Phi) is 2.70. The highest BCUT2D eigenvalue weighted by molar-refractivity contribution is 5.70. The van der Waals surface area contributed by atoms with Gasteiger partial charge in [0.05, 0.1) is 5.92 Å². The number of carboxylic acid groups (broad SMARTS) is 1. The Hall–Kier alpha value is -2.37. The van der Waals surface area contributed by atoms with Crippen molar-refractivity contribution in [2.75, 3.05) is 0 Å². The van der Waals surface area contributed by atoms with E-state index in [9.17, 15) is 9.90 Å². The summed E-state index contributed by atoms with van der Waals surface area (Å²) in [5.74, 6) is 0.488. The van der Waals surface area contributed by atoms with Gasteiger partial charge in [0.15, 0.2) is 5.82 Å². The number of hydrogen-bond acceptors (Lipinski definition) is 4. The van der Waals surface area contributed by atoms with Crippen LogP contribution in [-0.2, 0) is 17.8 Å². The lowest BCUT2D eigenvalue weighted by Gasteiger charge is -2.21. The van der Waals surface area contributed by atoms with E-state index in [1.165, 1.54) is 0 Å². The van der Waals surface area contributed by atoms with Crippen LogP contribution in [0.2, 0.25) is 0 Å². The third kappa shape index (κ3) is 2.05. The van der Waals surface area contributed by atoms with Gasteiger partial charge in [-0.15, -0.1) is 10.2 Å². The van der Waals surface area contributed by atoms with Crippen molar-refractivity contribution in [3.05, 3.63) is 30.1 Å². The monoisotopic (exact) mass is 259 g/mol. The number of aryl methyl sites for hydroxylation is 1. The van der Waals surface area contributed by atoms with Crippen molar-refractivity contribution in [1.29, 1.82) is 0 Å². The van der Waals surface area contributed by atoms with Crippen LogP contribution in [0.15, 0.2) is 24.3 Å². The van der Waals surface area contributed by atoms with Crippen LogP contribution in [-0.4, -0.2) is 30.9 Å². The smallest absolute Gasteiger partial charge is 0.308 e. The fourth-order valence-corrected chi connectivity index (χ4v) is 2.35. The minimum atomic E-state index is -0.781. The molecule has 1 aromatic heterocycles. The predicted molar refractivity (Wildman–Crippen MR) is 66.6 cm³/mol. The molecule has 2 N–H and O–H groups in total. The first-order valence-electron chi connectivity index (χ1n) is 6.09. The van der Waals surface area contributed by atoms with Crippen molar-refractivity contribution in [3.63, 3.8) is 0 Å². The number of phenols is 1. The lowest BCUT2D eigenvalue weighted by Crippen LogP contribution is -2.27. The number of carbonyl (C=O) groups is 1. The molecule has 0 radical (unpaired) electrons. The van der Waals surface area contributed by atoms with Gasteiger partial charge in [0.1, 0.15) is 11.6 Å². The van der Waals surface area contributed by atoms with E-state index in [4.69, 9.17) is 5.11 Å². The van der Waals surface area contributed by atoms with E-state index in [1.54, 1.807) is 24.3 Å². The Morgan fingerprint density at radius 2 is 2.00 bits per heavy atom. The SMILES string of the molecule is O=C(O)[C@H]1CCc2nnc(-c3ccc(O)cc3)n2C1. The lowest BCUT2D eigenvalue weighted by atomic mass is 9.99. The number of hydrogen-bond donors (Lipinski definition) is 2. The number of phenolic OH excluding ortho intramolecular Hbond substituents is 1. The first-order chi connectivity index (χ1) is 9.15. The standard InChI is InChI=1S/C13H13N3O3/c17-10-4-1-8(2-5-10)12-15-14-11-6-3-9(13(18)19)7-16(11)12/h1-2,4-5,9,17H,3,6-7H2,(H,18,19)/t9-/m0/s1. The number of nitrogens with zero attached hydrogens (tertiary/aromatic N) is 3. The molecule has 3 rings (SSSR count). The molecule has 0 amide bonds. The van der Waals surface area contributed by atoms with E-state index in [0.717, 1.165) is 11.4 Å². The molecule has 1 aromatic carbocycles. The second-order valence-electron chi connectivity index (χ2n) is 4.67. The van der Waals surface area contributed by atoms with Gasteiger partial charge >= 0.3 is 5.97 Å². The molecule has 0 saturated carbocycles. The number of aliphatic carboxylic acids is 1. The maximum atomic E-state index is 11.1. The molecular formula is C13H13N3O3. The van der Waals surface area contributed by atoms with Crippen LogP contribution in [0.4, 0.5) is 0 Å². The van der Waals surface area contributed by atoms with Crippen LogP contribution in [0.25, 0.3) is 11.4 Å². The largest absolute Gasteiger partial charge is 0.508 e. The summed E-state index contributed by atoms with van der Waals surface area (Å²) in [5, 5.41) is 26.6. The fraction of sp³-hybridized carbons (Fsp3) is 0.308. The second-order valence-corrected chi connectivity index (χ2v) is 4.67. The van der Waals surface area contributed by atoms with Crippen LogP contribution in [0.5, 0.6) is 5.75 Å². The summed E-state index contributed by atoms with van der Waals surface area (Å²) in [4.78, 5) is 11.1. The summed E-state index contributed by atoms with van der Waals surface area (Å²) in [6, 6.07) is 6.65. The number of carboxylic acids is 1. The fourth-order valence-electron chi connectivity index (χ4n) is 2.35. The molecule has 6 heteroatoms. The minimum absolute atomic E-state index is 0.186. The molecule has 19 heavy (non-hydrogen) atoms. The Balaban J connectivity index is 1.99. The quantitative estimate of drug-likeness (QED) is 0.848. The van der Waals surface area contributed by atoms with Crippen molar-refractivity contribution in [2.24, 2.45) is 5.92 Å². The zero-order valence-corrected chi connectivity index (χ0v) is 10.2. The van der Waals surface area contributed by atoms with Crippen molar-refractivity contribution < 1.29 is 15.0 Å². The van der Waals surface area contributed by atoms with Crippen molar-refractivity contribution >= 4 is 5.97 Å². The molecule has 0 unspecified atom stereocenters. The molecule has 0 bridgehead atoms. The third-order valence-electron chi connectivity index (χ3n) is 3.42. The zero-order valence-electron chi connectivity index (χ0n) is 10.2. The molecule has 1 aliphatic heterocycles. The highest BCUT2D eigenvalue weighted by atomic mass is 16.4. The number of fused-ring (bicyclic) bond motifs is 1. The zero-order chi connectivity index (χ0) is 13.4. The molecule has 0 saturated heterocycles. The topological polar surface area (TPSA) is 88.2 Å². The minimum Gasteiger partial charge on any atom is -0.508 e. The van der Waals surface area contributed by atoms with Crippen LogP contribution < -0.4 is 0 Å². The van der Waals surface area contributed by atoms with Crippen LogP contribution in [0, 0.1) is 5.92 Å². The average Bonchev–Trinajstić information content (AvgIpc) is 2.82. The highest BCUT2D eigenvalue weighted by Gasteiger charge is 2.27. The van der Waals surface area contributed by atoms with Gasteiger partial charge in [-0.25, -0.2) is 0 Å². The summed E-state index contributed by atoms with van der Waals surface area (Å²) in [7, 11) is 0. The molecule has 6 nitrogen and oxygen atoms in total. The number of aromatic nitrogens is 3. The Labute approximate surface area is 109 Å². The molecule has 98 valence electrons. The molecule has 2 heterocycles. The molecule has 1 aliphatic rings. The maximum Gasteiger partial charge on any atom is 0.308 e. The summed E-state index contributed by atoms with van der Waals surface area (Å²) in [5.41, 5.74) is 0.822. The lowest BCUT2D eigenvalue weighted by molar-refractivity contribution is -0.142. The summed E-state index contributed by atoms with van der Waals surface area (Å²) in [6.45, 7) is 0.397. The summed E-state index contributed by atoms with van der Waals surface area (Å²) >= 11 is 0. The Morgan fingerprint density at radius 1 is 1.26 bits per heavy atom. The van der Waals surface area contributed by atoms with Gasteiger partial charge in [-0.05, 0) is 30.7 Å². The van der Waals surface area contributed by atoms with E-state index in [-0.39, 0.29) is 11.7 Å². The first-order valence-corrected chi connectivity index (χ1v) is 6.09. The maximum absolute atomic E-state index is 11.1.